The zero-order chi connectivity index (χ0) is 24.2. The summed E-state index contributed by atoms with van der Waals surface area (Å²) in [5.74, 6) is -1.94. The second kappa shape index (κ2) is 11.7. The van der Waals surface area contributed by atoms with E-state index in [0.29, 0.717) is 18.4 Å². The van der Waals surface area contributed by atoms with E-state index in [2.05, 4.69) is 10.0 Å². The number of benzene rings is 2. The molecule has 0 aromatic heterocycles. The summed E-state index contributed by atoms with van der Waals surface area (Å²) in [5.41, 5.74) is 4.51. The van der Waals surface area contributed by atoms with Crippen molar-refractivity contribution in [3.05, 3.63) is 59.2 Å². The fourth-order valence-electron chi connectivity index (χ4n) is 3.31. The Labute approximate surface area is 217 Å². The number of allylic oxidation sites excluding steroid dienone is 1. The molecule has 2 aromatic carbocycles. The molecule has 0 unspecified atom stereocenters. The number of anilines is 3. The molecule has 34 heavy (non-hydrogen) atoms. The molecule has 8 nitrogen and oxygen atoms in total. The van der Waals surface area contributed by atoms with Crippen LogP contribution in [0.1, 0.15) is 41.6 Å². The molecule has 0 spiro atoms. The molecule has 1 aliphatic rings. The van der Waals surface area contributed by atoms with Crippen molar-refractivity contribution in [1.82, 2.24) is 0 Å². The molecule has 178 valence electrons. The van der Waals surface area contributed by atoms with E-state index in [1.54, 1.807) is 6.08 Å². The van der Waals surface area contributed by atoms with Gasteiger partial charge in [-0.1, -0.05) is 6.08 Å². The van der Waals surface area contributed by atoms with Gasteiger partial charge in [-0.3, -0.25) is 9.52 Å². The van der Waals surface area contributed by atoms with E-state index in [1.807, 2.05) is 0 Å². The maximum absolute atomic E-state index is 12.8. The first-order chi connectivity index (χ1) is 15.6. The average molecular weight is 507 g/mol. The van der Waals surface area contributed by atoms with Crippen LogP contribution in [0.25, 0.3) is 0 Å². The molecule has 2 aromatic rings. The number of carbonyl (C=O) groups excluding carboxylic acids is 2. The molecular weight excluding hydrogens is 486 g/mol. The van der Waals surface area contributed by atoms with Crippen LogP contribution in [0.3, 0.4) is 0 Å². The number of hydrogen-bond acceptors (Lipinski definition) is 6. The fraction of sp³-hybridized carbons (Fsp3) is 0.238. The number of primary amides is 1. The van der Waals surface area contributed by atoms with Crippen LogP contribution in [0.5, 0.6) is 5.75 Å². The van der Waals surface area contributed by atoms with Crippen molar-refractivity contribution in [1.29, 1.82) is 0 Å². The standard InChI is InChI=1S/C21H20F3N3O5S.Na.H/c22-21(23,24)13-6-8-14(9-7-13)26-18-15(27-33(30)31)10-11-16(17(18)19(25)28)32-20(29)12-4-2-1-3-5-12;;/h4,6-11,26,33H,1-3,5H2,(H2,25,28)(H,27,30,31);;. The van der Waals surface area contributed by atoms with Gasteiger partial charge in [-0.25, -0.2) is 13.2 Å². The molecule has 1 aliphatic carbocycles. The van der Waals surface area contributed by atoms with Crippen LogP contribution in [-0.4, -0.2) is 49.9 Å². The summed E-state index contributed by atoms with van der Waals surface area (Å²) in [6.07, 6.45) is 0.175. The average Bonchev–Trinajstić information content (AvgIpc) is 2.75. The van der Waals surface area contributed by atoms with E-state index in [1.165, 1.54) is 12.1 Å². The van der Waals surface area contributed by atoms with Crippen molar-refractivity contribution in [2.75, 3.05) is 10.0 Å². The second-order valence-electron chi connectivity index (χ2n) is 7.16. The van der Waals surface area contributed by atoms with Crippen LogP contribution < -0.4 is 20.5 Å². The first kappa shape index (κ1) is 27.7. The molecule has 0 heterocycles. The molecule has 0 aliphatic heterocycles. The first-order valence-corrected chi connectivity index (χ1v) is 11.0. The van der Waals surface area contributed by atoms with Gasteiger partial charge < -0.3 is 15.8 Å². The van der Waals surface area contributed by atoms with Crippen molar-refractivity contribution >= 4 is 69.4 Å². The Morgan fingerprint density at radius 3 is 2.24 bits per heavy atom. The van der Waals surface area contributed by atoms with E-state index in [0.717, 1.165) is 37.1 Å². The van der Waals surface area contributed by atoms with Crippen molar-refractivity contribution in [3.8, 4) is 5.75 Å². The zero-order valence-corrected chi connectivity index (χ0v) is 18.0. The number of amides is 1. The number of ether oxygens (including phenoxy) is 1. The Hall–Kier alpha value is -2.54. The summed E-state index contributed by atoms with van der Waals surface area (Å²) in [5, 5.41) is 2.70. The summed E-state index contributed by atoms with van der Waals surface area (Å²) >= 11 is 0. The Morgan fingerprint density at radius 2 is 1.71 bits per heavy atom. The van der Waals surface area contributed by atoms with E-state index < -0.39 is 34.5 Å². The fourth-order valence-corrected chi connectivity index (χ4v) is 3.69. The Bertz CT molecular complexity index is 1170. The van der Waals surface area contributed by atoms with Gasteiger partial charge in [-0.15, -0.1) is 0 Å². The molecule has 0 radical (unpaired) electrons. The molecule has 1 amide bonds. The number of carbonyl (C=O) groups is 2. The maximum atomic E-state index is 12.8. The number of rotatable bonds is 7. The van der Waals surface area contributed by atoms with Gasteiger partial charge in [-0.05, 0) is 62.1 Å². The van der Waals surface area contributed by atoms with Crippen LogP contribution in [0, 0.1) is 0 Å². The molecule has 3 rings (SSSR count). The minimum atomic E-state index is -4.55. The molecular formula is C21H21F3N3NaO5S. The number of halogens is 3. The van der Waals surface area contributed by atoms with E-state index in [4.69, 9.17) is 10.5 Å². The minimum absolute atomic E-state index is 0. The zero-order valence-electron chi connectivity index (χ0n) is 17.1. The summed E-state index contributed by atoms with van der Waals surface area (Å²) < 4.78 is 68.5. The van der Waals surface area contributed by atoms with Gasteiger partial charge in [0.05, 0.1) is 16.9 Å². The third-order valence-electron chi connectivity index (χ3n) is 4.86. The number of esters is 1. The summed E-state index contributed by atoms with van der Waals surface area (Å²) in [6, 6.07) is 6.27. The number of thiol groups is 1. The van der Waals surface area contributed by atoms with E-state index >= 15 is 0 Å². The molecule has 4 N–H and O–H groups in total. The SMILES string of the molecule is NC(=O)c1c(OC(=O)C2=CCCCC2)ccc(N[SH](=O)=O)c1Nc1ccc(C(F)(F)F)cc1.[NaH]. The van der Waals surface area contributed by atoms with E-state index in [-0.39, 0.29) is 57.9 Å². The number of hydrogen-bond donors (Lipinski definition) is 4. The molecule has 0 atom stereocenters. The molecule has 13 heteroatoms. The van der Waals surface area contributed by atoms with Crippen LogP contribution in [0.15, 0.2) is 48.0 Å². The van der Waals surface area contributed by atoms with Gasteiger partial charge in [0.2, 0.25) is 10.9 Å². The normalized spacial score (nSPS) is 13.5. The van der Waals surface area contributed by atoms with E-state index in [9.17, 15) is 31.2 Å². The van der Waals surface area contributed by atoms with Gasteiger partial charge >= 0.3 is 41.7 Å². The predicted molar refractivity (Wildman–Crippen MR) is 123 cm³/mol. The van der Waals surface area contributed by atoms with Gasteiger partial charge in [0, 0.05) is 11.3 Å². The van der Waals surface area contributed by atoms with Crippen molar-refractivity contribution in [3.63, 3.8) is 0 Å². The quantitative estimate of drug-likeness (QED) is 0.197. The Kier molecular flexibility index (Phi) is 9.56. The number of alkyl halides is 3. The van der Waals surface area contributed by atoms with Crippen LogP contribution in [0.2, 0.25) is 0 Å². The van der Waals surface area contributed by atoms with Gasteiger partial charge in [0.1, 0.15) is 11.3 Å². The van der Waals surface area contributed by atoms with Gasteiger partial charge in [0.15, 0.2) is 0 Å². The van der Waals surface area contributed by atoms with Gasteiger partial charge in [-0.2, -0.15) is 13.2 Å². The van der Waals surface area contributed by atoms with Crippen molar-refractivity contribution in [2.24, 2.45) is 5.73 Å². The summed E-state index contributed by atoms with van der Waals surface area (Å²) in [6.45, 7) is 0. The van der Waals surface area contributed by atoms with Crippen LogP contribution in [0.4, 0.5) is 30.2 Å². The predicted octanol–water partition coefficient (Wildman–Crippen LogP) is 3.24. The molecule has 0 saturated carbocycles. The monoisotopic (exact) mass is 507 g/mol. The molecule has 0 fully saturated rings. The van der Waals surface area contributed by atoms with Crippen molar-refractivity contribution < 1.29 is 35.9 Å². The second-order valence-corrected chi connectivity index (χ2v) is 7.90. The van der Waals surface area contributed by atoms with Crippen LogP contribution in [-0.2, 0) is 21.9 Å². The third kappa shape index (κ3) is 6.98. The number of nitrogens with two attached hydrogens (primary N) is 1. The summed E-state index contributed by atoms with van der Waals surface area (Å²) in [4.78, 5) is 24.8. The third-order valence-corrected chi connectivity index (χ3v) is 5.29. The van der Waals surface area contributed by atoms with Crippen molar-refractivity contribution in [2.45, 2.75) is 31.9 Å². The molecule has 0 saturated heterocycles. The Morgan fingerprint density at radius 1 is 1.03 bits per heavy atom. The molecule has 0 bridgehead atoms. The number of nitrogens with one attached hydrogen (secondary N) is 2. The summed E-state index contributed by atoms with van der Waals surface area (Å²) in [7, 11) is -3.16. The van der Waals surface area contributed by atoms with Gasteiger partial charge in [0.25, 0.3) is 5.91 Å². The topological polar surface area (TPSA) is 128 Å². The first-order valence-electron chi connectivity index (χ1n) is 9.79. The Balaban J connectivity index is 0.00000408. The van der Waals surface area contributed by atoms with Crippen LogP contribution >= 0.6 is 0 Å².